The van der Waals surface area contributed by atoms with E-state index in [9.17, 15) is 4.79 Å². The molecule has 12 heavy (non-hydrogen) atoms. The summed E-state index contributed by atoms with van der Waals surface area (Å²) < 4.78 is 5.00. The van der Waals surface area contributed by atoms with Crippen LogP contribution in [0.3, 0.4) is 0 Å². The molecule has 1 rings (SSSR count). The van der Waals surface area contributed by atoms with Gasteiger partial charge in [0.1, 0.15) is 0 Å². The Kier molecular flexibility index (Phi) is 4.50. The first-order chi connectivity index (χ1) is 5.89. The lowest BCUT2D eigenvalue weighted by atomic mass is 10.2. The maximum absolute atomic E-state index is 11.0. The molecular formula is C10H16O2. The molecule has 0 N–H and O–H groups in total. The Bertz CT molecular complexity index is 145. The van der Waals surface area contributed by atoms with Crippen LogP contribution in [0.4, 0.5) is 0 Å². The third-order valence-corrected chi connectivity index (χ3v) is 1.95. The van der Waals surface area contributed by atoms with E-state index >= 15 is 0 Å². The van der Waals surface area contributed by atoms with Crippen molar-refractivity contribution in [2.45, 2.75) is 38.5 Å². The second-order valence-corrected chi connectivity index (χ2v) is 3.08. The molecule has 68 valence electrons. The quantitative estimate of drug-likeness (QED) is 0.410. The maximum Gasteiger partial charge on any atom is 0.305 e. The molecule has 1 heterocycles. The van der Waals surface area contributed by atoms with Crippen LogP contribution in [0.5, 0.6) is 0 Å². The van der Waals surface area contributed by atoms with Gasteiger partial charge in [0.05, 0.1) is 6.61 Å². The van der Waals surface area contributed by atoms with E-state index in [2.05, 4.69) is 12.2 Å². The molecule has 0 unspecified atom stereocenters. The third kappa shape index (κ3) is 4.16. The van der Waals surface area contributed by atoms with Crippen molar-refractivity contribution in [1.29, 1.82) is 0 Å². The lowest BCUT2D eigenvalue weighted by Crippen LogP contribution is -2.04. The lowest BCUT2D eigenvalue weighted by molar-refractivity contribution is -0.143. The number of cyclic esters (lactones) is 1. The van der Waals surface area contributed by atoms with Crippen LogP contribution < -0.4 is 0 Å². The summed E-state index contributed by atoms with van der Waals surface area (Å²) in [6.07, 6.45) is 10.1. The number of carbonyl (C=O) groups is 1. The van der Waals surface area contributed by atoms with E-state index in [1.54, 1.807) is 0 Å². The summed E-state index contributed by atoms with van der Waals surface area (Å²) in [5, 5.41) is 0. The minimum Gasteiger partial charge on any atom is -0.466 e. The minimum atomic E-state index is -0.0306. The number of carbonyl (C=O) groups excluding carboxylic acids is 1. The van der Waals surface area contributed by atoms with Crippen LogP contribution in [-0.2, 0) is 9.53 Å². The SMILES string of the molecule is O=C1CCCCC=CCCCO1. The predicted molar refractivity (Wildman–Crippen MR) is 47.8 cm³/mol. The van der Waals surface area contributed by atoms with E-state index in [0.717, 1.165) is 32.1 Å². The van der Waals surface area contributed by atoms with Gasteiger partial charge in [0.2, 0.25) is 0 Å². The molecule has 0 saturated carbocycles. The molecular weight excluding hydrogens is 152 g/mol. The second kappa shape index (κ2) is 5.81. The smallest absolute Gasteiger partial charge is 0.305 e. The van der Waals surface area contributed by atoms with Crippen LogP contribution >= 0.6 is 0 Å². The van der Waals surface area contributed by atoms with E-state index < -0.39 is 0 Å². The number of rotatable bonds is 0. The summed E-state index contributed by atoms with van der Waals surface area (Å²) in [7, 11) is 0. The van der Waals surface area contributed by atoms with Crippen LogP contribution in [-0.4, -0.2) is 12.6 Å². The molecule has 2 heteroatoms. The molecule has 1 aliphatic heterocycles. The van der Waals surface area contributed by atoms with Gasteiger partial charge in [-0.25, -0.2) is 0 Å². The molecule has 0 radical (unpaired) electrons. The number of esters is 1. The molecule has 0 aromatic rings. The van der Waals surface area contributed by atoms with Gasteiger partial charge in [-0.2, -0.15) is 0 Å². The number of allylic oxidation sites excluding steroid dienone is 2. The molecule has 0 aliphatic carbocycles. The average Bonchev–Trinajstić information content (AvgIpc) is 2.11. The van der Waals surface area contributed by atoms with Crippen molar-refractivity contribution in [3.05, 3.63) is 12.2 Å². The van der Waals surface area contributed by atoms with Crippen molar-refractivity contribution in [1.82, 2.24) is 0 Å². The van der Waals surface area contributed by atoms with Gasteiger partial charge in [0.25, 0.3) is 0 Å². The van der Waals surface area contributed by atoms with Gasteiger partial charge >= 0.3 is 5.97 Å². The Balaban J connectivity index is 2.25. The lowest BCUT2D eigenvalue weighted by Gasteiger charge is -2.01. The molecule has 0 amide bonds. The van der Waals surface area contributed by atoms with Crippen molar-refractivity contribution < 1.29 is 9.53 Å². The van der Waals surface area contributed by atoms with E-state index in [0.29, 0.717) is 13.0 Å². The van der Waals surface area contributed by atoms with Crippen LogP contribution in [0.25, 0.3) is 0 Å². The highest BCUT2D eigenvalue weighted by molar-refractivity contribution is 5.69. The van der Waals surface area contributed by atoms with Crippen LogP contribution in [0.2, 0.25) is 0 Å². The molecule has 1 aliphatic rings. The number of hydrogen-bond donors (Lipinski definition) is 0. The standard InChI is InChI=1S/C10H16O2/c11-10-8-6-4-2-1-3-5-7-9-12-10/h1,3H,2,4-9H2. The highest BCUT2D eigenvalue weighted by Gasteiger charge is 2.01. The molecule has 2 nitrogen and oxygen atoms in total. The fourth-order valence-electron chi connectivity index (χ4n) is 1.23. The first kappa shape index (κ1) is 9.30. The molecule has 0 bridgehead atoms. The molecule has 0 atom stereocenters. The number of ether oxygens (including phenoxy) is 1. The van der Waals surface area contributed by atoms with E-state index in [1.165, 1.54) is 0 Å². The highest BCUT2D eigenvalue weighted by Crippen LogP contribution is 2.05. The van der Waals surface area contributed by atoms with Crippen molar-refractivity contribution >= 4 is 5.97 Å². The summed E-state index contributed by atoms with van der Waals surface area (Å²) in [6.45, 7) is 0.586. The fraction of sp³-hybridized carbons (Fsp3) is 0.700. The monoisotopic (exact) mass is 168 g/mol. The Morgan fingerprint density at radius 3 is 2.67 bits per heavy atom. The zero-order chi connectivity index (χ0) is 8.65. The summed E-state index contributed by atoms with van der Waals surface area (Å²) in [6, 6.07) is 0. The average molecular weight is 168 g/mol. The van der Waals surface area contributed by atoms with E-state index in [4.69, 9.17) is 4.74 Å². The minimum absolute atomic E-state index is 0.0306. The highest BCUT2D eigenvalue weighted by atomic mass is 16.5. The van der Waals surface area contributed by atoms with Gasteiger partial charge in [-0.05, 0) is 32.1 Å². The predicted octanol–water partition coefficient (Wildman–Crippen LogP) is 2.44. The summed E-state index contributed by atoms with van der Waals surface area (Å²) >= 11 is 0. The topological polar surface area (TPSA) is 26.3 Å². The van der Waals surface area contributed by atoms with Gasteiger partial charge in [0, 0.05) is 6.42 Å². The Labute approximate surface area is 73.6 Å². The van der Waals surface area contributed by atoms with Crippen LogP contribution in [0.1, 0.15) is 38.5 Å². The van der Waals surface area contributed by atoms with Crippen molar-refractivity contribution in [2.24, 2.45) is 0 Å². The molecule has 0 saturated heterocycles. The number of hydrogen-bond acceptors (Lipinski definition) is 2. The van der Waals surface area contributed by atoms with E-state index in [-0.39, 0.29) is 5.97 Å². The summed E-state index contributed by atoms with van der Waals surface area (Å²) in [5.74, 6) is -0.0306. The molecule has 0 aromatic heterocycles. The third-order valence-electron chi connectivity index (χ3n) is 1.95. The molecule has 0 fully saturated rings. The first-order valence-corrected chi connectivity index (χ1v) is 4.70. The Morgan fingerprint density at radius 1 is 1.08 bits per heavy atom. The van der Waals surface area contributed by atoms with Gasteiger partial charge in [-0.15, -0.1) is 0 Å². The fourth-order valence-corrected chi connectivity index (χ4v) is 1.23. The van der Waals surface area contributed by atoms with Crippen LogP contribution in [0.15, 0.2) is 12.2 Å². The Morgan fingerprint density at radius 2 is 1.83 bits per heavy atom. The van der Waals surface area contributed by atoms with Gasteiger partial charge in [0.15, 0.2) is 0 Å². The molecule has 0 aromatic carbocycles. The van der Waals surface area contributed by atoms with Crippen molar-refractivity contribution in [2.75, 3.05) is 6.61 Å². The Hall–Kier alpha value is -0.790. The summed E-state index contributed by atoms with van der Waals surface area (Å²) in [5.41, 5.74) is 0. The largest absolute Gasteiger partial charge is 0.466 e. The van der Waals surface area contributed by atoms with Crippen molar-refractivity contribution in [3.8, 4) is 0 Å². The van der Waals surface area contributed by atoms with Gasteiger partial charge in [-0.1, -0.05) is 12.2 Å². The van der Waals surface area contributed by atoms with Gasteiger partial charge < -0.3 is 4.74 Å². The maximum atomic E-state index is 11.0. The van der Waals surface area contributed by atoms with Crippen LogP contribution in [0, 0.1) is 0 Å². The van der Waals surface area contributed by atoms with Crippen molar-refractivity contribution in [3.63, 3.8) is 0 Å². The second-order valence-electron chi connectivity index (χ2n) is 3.08. The molecule has 0 spiro atoms. The first-order valence-electron chi connectivity index (χ1n) is 4.70. The van der Waals surface area contributed by atoms with E-state index in [1.807, 2.05) is 0 Å². The summed E-state index contributed by atoms with van der Waals surface area (Å²) in [4.78, 5) is 11.0. The zero-order valence-corrected chi connectivity index (χ0v) is 7.42. The normalized spacial score (nSPS) is 21.2. The zero-order valence-electron chi connectivity index (χ0n) is 7.42. The van der Waals surface area contributed by atoms with Gasteiger partial charge in [-0.3, -0.25) is 4.79 Å².